The van der Waals surface area contributed by atoms with Crippen LogP contribution in [0.15, 0.2) is 33.6 Å². The number of benzene rings is 1. The van der Waals surface area contributed by atoms with Crippen LogP contribution in [0.5, 0.6) is 0 Å². The van der Waals surface area contributed by atoms with E-state index >= 15 is 0 Å². The van der Waals surface area contributed by atoms with Crippen molar-refractivity contribution in [1.82, 2.24) is 4.90 Å². The summed E-state index contributed by atoms with van der Waals surface area (Å²) in [4.78, 5) is 2.25. The molecule has 2 aliphatic rings. The quantitative estimate of drug-likeness (QED) is 0.713. The van der Waals surface area contributed by atoms with E-state index in [0.717, 1.165) is 13.0 Å². The predicted molar refractivity (Wildman–Crippen MR) is 64.3 cm³/mol. The summed E-state index contributed by atoms with van der Waals surface area (Å²) in [6.45, 7) is 1.44. The molecule has 90 valence electrons. The lowest BCUT2D eigenvalue weighted by molar-refractivity contribution is 0.511. The van der Waals surface area contributed by atoms with Gasteiger partial charge in [-0.05, 0) is 18.6 Å². The highest BCUT2D eigenvalue weighted by atomic mass is 32.2. The van der Waals surface area contributed by atoms with E-state index in [4.69, 9.17) is 5.73 Å². The van der Waals surface area contributed by atoms with Crippen molar-refractivity contribution >= 4 is 15.9 Å². The zero-order chi connectivity index (χ0) is 12.0. The molecule has 0 unspecified atom stereocenters. The van der Waals surface area contributed by atoms with Crippen LogP contribution in [0.25, 0.3) is 0 Å². The van der Waals surface area contributed by atoms with Crippen molar-refractivity contribution in [2.75, 3.05) is 13.1 Å². The normalized spacial score (nSPS) is 25.8. The van der Waals surface area contributed by atoms with E-state index in [1.807, 2.05) is 11.0 Å². The number of sulfonamides is 1. The monoisotopic (exact) mass is 251 g/mol. The average Bonchev–Trinajstić information content (AvgIpc) is 2.82. The fraction of sp³-hybridized carbons (Fsp3) is 0.364. The Labute approximate surface area is 100 Å². The molecule has 5 nitrogen and oxygen atoms in total. The minimum absolute atomic E-state index is 0.105. The molecule has 1 fully saturated rings. The summed E-state index contributed by atoms with van der Waals surface area (Å²) in [5.74, 6) is 0.550. The Morgan fingerprint density at radius 2 is 2.12 bits per heavy atom. The molecule has 17 heavy (non-hydrogen) atoms. The number of hydrogen-bond acceptors (Lipinski definition) is 4. The first kappa shape index (κ1) is 10.7. The van der Waals surface area contributed by atoms with Crippen molar-refractivity contribution in [3.8, 4) is 0 Å². The maximum absolute atomic E-state index is 11.9. The molecule has 6 heteroatoms. The standard InChI is InChI=1S/C11H13N3O2S/c12-8-5-6-14(7-8)11-9-3-1-2-4-10(9)17(15,16)13-11/h1-4,8H,5-7,12H2/t8-/m0/s1. The van der Waals surface area contributed by atoms with Gasteiger partial charge in [0.25, 0.3) is 10.0 Å². The van der Waals surface area contributed by atoms with Gasteiger partial charge in [0.2, 0.25) is 0 Å². The largest absolute Gasteiger partial charge is 0.354 e. The molecule has 1 atom stereocenters. The molecule has 0 aromatic heterocycles. The molecule has 0 spiro atoms. The summed E-state index contributed by atoms with van der Waals surface area (Å²) in [5, 5.41) is 0. The second-order valence-electron chi connectivity index (χ2n) is 4.38. The number of nitrogens with zero attached hydrogens (tertiary/aromatic N) is 2. The smallest absolute Gasteiger partial charge is 0.285 e. The van der Waals surface area contributed by atoms with Crippen molar-refractivity contribution in [2.24, 2.45) is 10.1 Å². The van der Waals surface area contributed by atoms with Crippen LogP contribution < -0.4 is 5.73 Å². The third-order valence-corrected chi connectivity index (χ3v) is 4.46. The number of fused-ring (bicyclic) bond motifs is 1. The lowest BCUT2D eigenvalue weighted by atomic mass is 10.2. The molecule has 2 N–H and O–H groups in total. The average molecular weight is 251 g/mol. The van der Waals surface area contributed by atoms with Gasteiger partial charge in [0.1, 0.15) is 4.90 Å². The van der Waals surface area contributed by atoms with Crippen LogP contribution in [-0.2, 0) is 10.0 Å². The van der Waals surface area contributed by atoms with Gasteiger partial charge in [0.05, 0.1) is 0 Å². The van der Waals surface area contributed by atoms with E-state index in [1.54, 1.807) is 18.2 Å². The van der Waals surface area contributed by atoms with Crippen LogP contribution in [0.2, 0.25) is 0 Å². The molecule has 3 rings (SSSR count). The van der Waals surface area contributed by atoms with Gasteiger partial charge in [-0.15, -0.1) is 4.40 Å². The fourth-order valence-electron chi connectivity index (χ4n) is 2.30. The van der Waals surface area contributed by atoms with E-state index in [0.29, 0.717) is 22.8 Å². The van der Waals surface area contributed by atoms with Gasteiger partial charge in [-0.2, -0.15) is 8.42 Å². The van der Waals surface area contributed by atoms with Crippen LogP contribution in [-0.4, -0.2) is 38.3 Å². The molecule has 1 aromatic carbocycles. The summed E-state index contributed by atoms with van der Waals surface area (Å²) >= 11 is 0. The SMILES string of the molecule is N[C@H]1CCN(C2=NS(=O)(=O)c3ccccc32)C1. The van der Waals surface area contributed by atoms with Crippen LogP contribution in [0.1, 0.15) is 12.0 Å². The zero-order valence-electron chi connectivity index (χ0n) is 9.20. The lowest BCUT2D eigenvalue weighted by Crippen LogP contribution is -2.31. The Morgan fingerprint density at radius 3 is 2.82 bits per heavy atom. The highest BCUT2D eigenvalue weighted by Gasteiger charge is 2.33. The second-order valence-corrected chi connectivity index (χ2v) is 5.95. The van der Waals surface area contributed by atoms with Crippen molar-refractivity contribution in [3.63, 3.8) is 0 Å². The molecule has 2 heterocycles. The van der Waals surface area contributed by atoms with Crippen LogP contribution in [0.3, 0.4) is 0 Å². The molecule has 2 aliphatic heterocycles. The Bertz CT molecular complexity index is 594. The third kappa shape index (κ3) is 1.64. The molecule has 1 aromatic rings. The summed E-state index contributed by atoms with van der Waals surface area (Å²) < 4.78 is 27.6. The van der Waals surface area contributed by atoms with Gasteiger partial charge in [0, 0.05) is 24.7 Å². The van der Waals surface area contributed by atoms with Crippen LogP contribution in [0, 0.1) is 0 Å². The zero-order valence-corrected chi connectivity index (χ0v) is 10.0. The minimum Gasteiger partial charge on any atom is -0.354 e. The van der Waals surface area contributed by atoms with Crippen molar-refractivity contribution < 1.29 is 8.42 Å². The molecular formula is C11H13N3O2S. The highest BCUT2D eigenvalue weighted by Crippen LogP contribution is 2.28. The molecule has 0 amide bonds. The predicted octanol–water partition coefficient (Wildman–Crippen LogP) is 0.168. The summed E-state index contributed by atoms with van der Waals surface area (Å²) in [7, 11) is -3.50. The number of amidine groups is 1. The molecular weight excluding hydrogens is 238 g/mol. The van der Waals surface area contributed by atoms with Gasteiger partial charge in [0.15, 0.2) is 5.84 Å². The fourth-order valence-corrected chi connectivity index (χ4v) is 3.52. The second kappa shape index (κ2) is 3.54. The minimum atomic E-state index is -3.50. The van der Waals surface area contributed by atoms with Crippen LogP contribution >= 0.6 is 0 Å². The Hall–Kier alpha value is -1.40. The van der Waals surface area contributed by atoms with Gasteiger partial charge >= 0.3 is 0 Å². The Morgan fingerprint density at radius 1 is 1.35 bits per heavy atom. The van der Waals surface area contributed by atoms with E-state index in [1.165, 1.54) is 0 Å². The maximum Gasteiger partial charge on any atom is 0.285 e. The first-order valence-electron chi connectivity index (χ1n) is 5.53. The van der Waals surface area contributed by atoms with Crippen LogP contribution in [0.4, 0.5) is 0 Å². The maximum atomic E-state index is 11.9. The van der Waals surface area contributed by atoms with E-state index in [9.17, 15) is 8.42 Å². The summed E-state index contributed by atoms with van der Waals surface area (Å²) in [5.41, 5.74) is 6.53. The van der Waals surface area contributed by atoms with Gasteiger partial charge in [-0.3, -0.25) is 0 Å². The van der Waals surface area contributed by atoms with Crippen molar-refractivity contribution in [2.45, 2.75) is 17.4 Å². The van der Waals surface area contributed by atoms with E-state index < -0.39 is 10.0 Å². The highest BCUT2D eigenvalue weighted by molar-refractivity contribution is 7.90. The van der Waals surface area contributed by atoms with E-state index in [2.05, 4.69) is 4.40 Å². The molecule has 0 radical (unpaired) electrons. The number of nitrogens with two attached hydrogens (primary N) is 1. The number of likely N-dealkylation sites (tertiary alicyclic amines) is 1. The molecule has 0 bridgehead atoms. The van der Waals surface area contributed by atoms with E-state index in [-0.39, 0.29) is 6.04 Å². The summed E-state index contributed by atoms with van der Waals surface area (Å²) in [6, 6.07) is 7.03. The van der Waals surface area contributed by atoms with Crippen molar-refractivity contribution in [1.29, 1.82) is 0 Å². The van der Waals surface area contributed by atoms with Crippen molar-refractivity contribution in [3.05, 3.63) is 29.8 Å². The molecule has 0 aliphatic carbocycles. The third-order valence-electron chi connectivity index (χ3n) is 3.14. The molecule has 1 saturated heterocycles. The lowest BCUT2D eigenvalue weighted by Gasteiger charge is -2.17. The number of hydrogen-bond donors (Lipinski definition) is 1. The first-order valence-corrected chi connectivity index (χ1v) is 6.97. The first-order chi connectivity index (χ1) is 8.08. The Balaban J connectivity index is 2.08. The van der Waals surface area contributed by atoms with Gasteiger partial charge in [-0.1, -0.05) is 12.1 Å². The van der Waals surface area contributed by atoms with Gasteiger partial charge in [-0.25, -0.2) is 0 Å². The summed E-state index contributed by atoms with van der Waals surface area (Å²) in [6.07, 6.45) is 0.876. The number of rotatable bonds is 0. The Kier molecular flexibility index (Phi) is 2.24. The van der Waals surface area contributed by atoms with Gasteiger partial charge < -0.3 is 10.6 Å². The molecule has 0 saturated carbocycles. The topological polar surface area (TPSA) is 75.8 Å².